The van der Waals surface area contributed by atoms with E-state index in [1.54, 1.807) is 0 Å². The average molecular weight is 377 g/mol. The Morgan fingerprint density at radius 3 is 1.81 bits per heavy atom. The molecule has 27 heavy (non-hydrogen) atoms. The van der Waals surface area contributed by atoms with Crippen LogP contribution in [0.15, 0.2) is 30.8 Å². The second-order valence-corrected chi connectivity index (χ2v) is 6.88. The second kappa shape index (κ2) is 13.9. The molecule has 1 rings (SSSR count). The second-order valence-electron chi connectivity index (χ2n) is 6.88. The number of hydrogen-bond donors (Lipinski definition) is 0. The Hall–Kier alpha value is -1.16. The highest BCUT2D eigenvalue weighted by Gasteiger charge is 2.42. The maximum Gasteiger partial charge on any atom is 0.290 e. The molecule has 0 radical (unpaired) electrons. The molecule has 0 aromatic heterocycles. The van der Waals surface area contributed by atoms with Gasteiger partial charge in [0.05, 0.1) is 5.92 Å². The molecule has 3 nitrogen and oxygen atoms in total. The molecule has 1 unspecified atom stereocenters. The van der Waals surface area contributed by atoms with Gasteiger partial charge >= 0.3 is 0 Å². The van der Waals surface area contributed by atoms with Gasteiger partial charge in [-0.3, -0.25) is 0 Å². The normalized spacial score (nSPS) is 12.9. The van der Waals surface area contributed by atoms with Gasteiger partial charge < -0.3 is 14.2 Å². The largest absolute Gasteiger partial charge is 0.327 e. The number of ether oxygens (including phenoxy) is 3. The highest BCUT2D eigenvalue weighted by atomic mass is 16.9. The summed E-state index contributed by atoms with van der Waals surface area (Å²) in [4.78, 5) is 0. The van der Waals surface area contributed by atoms with Crippen LogP contribution >= 0.6 is 0 Å². The minimum absolute atomic E-state index is 0.0439. The fourth-order valence-corrected chi connectivity index (χ4v) is 3.57. The molecule has 0 aliphatic rings. The van der Waals surface area contributed by atoms with Crippen molar-refractivity contribution >= 4 is 6.08 Å². The third-order valence-corrected chi connectivity index (χ3v) is 4.88. The Labute approximate surface area is 167 Å². The predicted molar refractivity (Wildman–Crippen MR) is 115 cm³/mol. The maximum absolute atomic E-state index is 6.11. The van der Waals surface area contributed by atoms with E-state index in [4.69, 9.17) is 14.2 Å². The van der Waals surface area contributed by atoms with E-state index in [1.807, 2.05) is 26.8 Å². The summed E-state index contributed by atoms with van der Waals surface area (Å²) < 4.78 is 18.3. The van der Waals surface area contributed by atoms with E-state index in [0.717, 1.165) is 18.4 Å². The number of hydrogen-bond acceptors (Lipinski definition) is 3. The lowest BCUT2D eigenvalue weighted by Crippen LogP contribution is -2.45. The van der Waals surface area contributed by atoms with Crippen LogP contribution in [0.5, 0.6) is 0 Å². The lowest BCUT2D eigenvalue weighted by molar-refractivity contribution is -0.389. The first-order valence-corrected chi connectivity index (χ1v) is 10.8. The zero-order chi connectivity index (χ0) is 20.0. The van der Waals surface area contributed by atoms with Crippen molar-refractivity contribution in [3.8, 4) is 0 Å². The lowest BCUT2D eigenvalue weighted by atomic mass is 9.89. The fraction of sp³-hybridized carbons (Fsp3) is 0.667. The molecule has 1 atom stereocenters. The van der Waals surface area contributed by atoms with Crippen molar-refractivity contribution in [2.45, 2.75) is 84.5 Å². The zero-order valence-electron chi connectivity index (χ0n) is 18.0. The summed E-state index contributed by atoms with van der Waals surface area (Å²) in [6, 6.07) is 8.52. The van der Waals surface area contributed by atoms with Crippen LogP contribution in [0.2, 0.25) is 0 Å². The first kappa shape index (κ1) is 23.9. The van der Waals surface area contributed by atoms with E-state index in [-0.39, 0.29) is 5.92 Å². The van der Waals surface area contributed by atoms with E-state index >= 15 is 0 Å². The predicted octanol–water partition coefficient (Wildman–Crippen LogP) is 6.93. The molecule has 0 amide bonds. The molecule has 0 aliphatic heterocycles. The third kappa shape index (κ3) is 7.77. The molecule has 0 N–H and O–H groups in total. The molecule has 0 saturated heterocycles. The molecule has 154 valence electrons. The third-order valence-electron chi connectivity index (χ3n) is 4.88. The maximum atomic E-state index is 6.11. The van der Waals surface area contributed by atoms with Gasteiger partial charge in [0.2, 0.25) is 0 Å². The van der Waals surface area contributed by atoms with Crippen molar-refractivity contribution in [3.63, 3.8) is 0 Å². The van der Waals surface area contributed by atoms with Gasteiger partial charge in [-0.05, 0) is 38.3 Å². The van der Waals surface area contributed by atoms with E-state index in [0.29, 0.717) is 19.8 Å². The van der Waals surface area contributed by atoms with Gasteiger partial charge in [-0.25, -0.2) is 0 Å². The Bertz CT molecular complexity index is 478. The van der Waals surface area contributed by atoms with Crippen LogP contribution in [-0.2, 0) is 14.2 Å². The standard InChI is InChI=1S/C24H40O3/c1-6-11-12-13-14-15-16-23(22-19-17-21(7-2)18-20-22)24(25-8-3,26-9-4)27-10-5/h7,17-20,23H,2,6,8-16H2,1,3-5H3. The Kier molecular flexibility index (Phi) is 12.3. The van der Waals surface area contributed by atoms with Crippen molar-refractivity contribution in [1.29, 1.82) is 0 Å². The number of unbranched alkanes of at least 4 members (excludes halogenated alkanes) is 5. The zero-order valence-corrected chi connectivity index (χ0v) is 18.0. The van der Waals surface area contributed by atoms with Crippen molar-refractivity contribution in [2.24, 2.45) is 0 Å². The van der Waals surface area contributed by atoms with Gasteiger partial charge in [0.15, 0.2) is 0 Å². The molecule has 0 saturated carbocycles. The number of rotatable bonds is 16. The lowest BCUT2D eigenvalue weighted by Gasteiger charge is -2.39. The summed E-state index contributed by atoms with van der Waals surface area (Å²) in [6.45, 7) is 13.8. The van der Waals surface area contributed by atoms with E-state index in [9.17, 15) is 0 Å². The Morgan fingerprint density at radius 2 is 1.33 bits per heavy atom. The average Bonchev–Trinajstić information content (AvgIpc) is 2.68. The highest BCUT2D eigenvalue weighted by Crippen LogP contribution is 2.38. The summed E-state index contributed by atoms with van der Waals surface area (Å²) in [6.07, 6.45) is 10.5. The Balaban J connectivity index is 3.02. The van der Waals surface area contributed by atoms with Gasteiger partial charge in [-0.2, -0.15) is 0 Å². The highest BCUT2D eigenvalue weighted by molar-refractivity contribution is 5.47. The summed E-state index contributed by atoms with van der Waals surface area (Å²) in [5, 5.41) is 0. The van der Waals surface area contributed by atoms with E-state index in [1.165, 1.54) is 37.7 Å². The van der Waals surface area contributed by atoms with Crippen LogP contribution in [0.1, 0.15) is 89.7 Å². The molecule has 3 heteroatoms. The summed E-state index contributed by atoms with van der Waals surface area (Å²) in [5.41, 5.74) is 2.32. The minimum atomic E-state index is -1.02. The smallest absolute Gasteiger partial charge is 0.290 e. The van der Waals surface area contributed by atoms with Crippen LogP contribution < -0.4 is 0 Å². The quantitative estimate of drug-likeness (QED) is 0.231. The minimum Gasteiger partial charge on any atom is -0.327 e. The number of benzene rings is 1. The van der Waals surface area contributed by atoms with Crippen molar-refractivity contribution in [2.75, 3.05) is 19.8 Å². The molecule has 0 aliphatic carbocycles. The molecular weight excluding hydrogens is 336 g/mol. The van der Waals surface area contributed by atoms with Crippen molar-refractivity contribution < 1.29 is 14.2 Å². The van der Waals surface area contributed by atoms with E-state index in [2.05, 4.69) is 37.8 Å². The van der Waals surface area contributed by atoms with Crippen molar-refractivity contribution in [3.05, 3.63) is 42.0 Å². The van der Waals surface area contributed by atoms with Crippen LogP contribution in [0.25, 0.3) is 6.08 Å². The summed E-state index contributed by atoms with van der Waals surface area (Å²) in [5.74, 6) is -0.973. The first-order chi connectivity index (χ1) is 13.2. The van der Waals surface area contributed by atoms with Crippen LogP contribution in [-0.4, -0.2) is 25.8 Å². The molecule has 0 heterocycles. The SMILES string of the molecule is C=Cc1ccc(C(CCCCCCCC)C(OCC)(OCC)OCC)cc1. The molecule has 0 fully saturated rings. The van der Waals surface area contributed by atoms with Gasteiger partial charge in [0, 0.05) is 19.8 Å². The van der Waals surface area contributed by atoms with E-state index < -0.39 is 5.97 Å². The molecule has 1 aromatic rings. The van der Waals surface area contributed by atoms with Crippen LogP contribution in [0.4, 0.5) is 0 Å². The molecule has 1 aromatic carbocycles. The van der Waals surface area contributed by atoms with Gasteiger partial charge in [-0.15, -0.1) is 0 Å². The molecule has 0 spiro atoms. The van der Waals surface area contributed by atoms with Crippen molar-refractivity contribution in [1.82, 2.24) is 0 Å². The van der Waals surface area contributed by atoms with Gasteiger partial charge in [0.25, 0.3) is 5.97 Å². The Morgan fingerprint density at radius 1 is 0.815 bits per heavy atom. The summed E-state index contributed by atoms with van der Waals surface area (Å²) in [7, 11) is 0. The fourth-order valence-electron chi connectivity index (χ4n) is 3.57. The summed E-state index contributed by atoms with van der Waals surface area (Å²) >= 11 is 0. The first-order valence-electron chi connectivity index (χ1n) is 10.8. The topological polar surface area (TPSA) is 27.7 Å². The molecule has 0 bridgehead atoms. The van der Waals surface area contributed by atoms with Crippen LogP contribution in [0.3, 0.4) is 0 Å². The monoisotopic (exact) mass is 376 g/mol. The van der Waals surface area contributed by atoms with Gasteiger partial charge in [-0.1, -0.05) is 82.4 Å². The molecular formula is C24H40O3. The van der Waals surface area contributed by atoms with Crippen LogP contribution in [0, 0.1) is 0 Å². The van der Waals surface area contributed by atoms with Gasteiger partial charge in [0.1, 0.15) is 0 Å².